The maximum absolute atomic E-state index is 10.6. The van der Waals surface area contributed by atoms with Gasteiger partial charge in [0.05, 0.1) is 13.2 Å². The van der Waals surface area contributed by atoms with Crippen LogP contribution in [0, 0.1) is 0 Å². The Balaban J connectivity index is 1.51. The highest BCUT2D eigenvalue weighted by Gasteiger charge is 2.30. The third-order valence-corrected chi connectivity index (χ3v) is 5.03. The Morgan fingerprint density at radius 3 is 2.07 bits per heavy atom. The number of aromatic hydroxyl groups is 2. The molecule has 2 aliphatic rings. The predicted octanol–water partition coefficient (Wildman–Crippen LogP) is 2.98. The lowest BCUT2D eigenvalue weighted by Gasteiger charge is -2.27. The molecule has 2 saturated heterocycles. The lowest BCUT2D eigenvalue weighted by molar-refractivity contribution is 0.250. The molecule has 0 amide bonds. The number of phenolic OH excluding ortho intramolecular Hbond substituents is 2. The van der Waals surface area contributed by atoms with Gasteiger partial charge >= 0.3 is 0 Å². The summed E-state index contributed by atoms with van der Waals surface area (Å²) in [5, 5.41) is 20.9. The Morgan fingerprint density at radius 2 is 1.48 bits per heavy atom. The van der Waals surface area contributed by atoms with E-state index in [1.807, 2.05) is 38.1 Å². The van der Waals surface area contributed by atoms with Gasteiger partial charge in [0.1, 0.15) is 31.2 Å². The van der Waals surface area contributed by atoms with Crippen molar-refractivity contribution in [2.45, 2.75) is 31.5 Å². The van der Waals surface area contributed by atoms with Crippen LogP contribution in [0.3, 0.4) is 0 Å². The van der Waals surface area contributed by atoms with Crippen molar-refractivity contribution in [2.75, 3.05) is 26.4 Å². The third kappa shape index (κ3) is 3.96. The number of phenols is 2. The zero-order valence-electron chi connectivity index (χ0n) is 15.5. The minimum atomic E-state index is -0.516. The largest absolute Gasteiger partial charge is 0.504 e. The van der Waals surface area contributed by atoms with Gasteiger partial charge in [-0.1, -0.05) is 32.0 Å². The van der Waals surface area contributed by atoms with E-state index in [-0.39, 0.29) is 29.5 Å². The molecule has 2 atom stereocenters. The average molecular weight is 372 g/mol. The summed E-state index contributed by atoms with van der Waals surface area (Å²) >= 11 is 0. The molecule has 6 heteroatoms. The van der Waals surface area contributed by atoms with Crippen molar-refractivity contribution in [2.24, 2.45) is 0 Å². The van der Waals surface area contributed by atoms with Crippen LogP contribution in [-0.4, -0.2) is 48.8 Å². The van der Waals surface area contributed by atoms with E-state index in [4.69, 9.17) is 18.9 Å². The molecule has 2 aromatic rings. The van der Waals surface area contributed by atoms with E-state index in [0.717, 1.165) is 17.9 Å². The van der Waals surface area contributed by atoms with Gasteiger partial charge in [0.2, 0.25) is 5.75 Å². The fourth-order valence-electron chi connectivity index (χ4n) is 3.01. The highest BCUT2D eigenvalue weighted by Crippen LogP contribution is 2.45. The van der Waals surface area contributed by atoms with E-state index in [1.54, 1.807) is 12.1 Å². The van der Waals surface area contributed by atoms with Crippen LogP contribution in [-0.2, 0) is 14.9 Å². The second-order valence-electron chi connectivity index (χ2n) is 7.49. The number of hydrogen-bond donors (Lipinski definition) is 2. The number of rotatable bonds is 8. The lowest BCUT2D eigenvalue weighted by atomic mass is 9.77. The maximum atomic E-state index is 10.6. The topological polar surface area (TPSA) is 84.0 Å². The Kier molecular flexibility index (Phi) is 4.61. The maximum Gasteiger partial charge on any atom is 0.200 e. The Hall–Kier alpha value is -2.44. The molecule has 2 heterocycles. The van der Waals surface area contributed by atoms with Crippen LogP contribution in [0.15, 0.2) is 36.4 Å². The quantitative estimate of drug-likeness (QED) is 0.547. The van der Waals surface area contributed by atoms with Crippen LogP contribution >= 0.6 is 0 Å². The molecule has 2 aromatic carbocycles. The van der Waals surface area contributed by atoms with Gasteiger partial charge in [0.15, 0.2) is 11.5 Å². The molecule has 0 saturated carbocycles. The number of hydrogen-bond acceptors (Lipinski definition) is 6. The molecule has 144 valence electrons. The zero-order chi connectivity index (χ0) is 19.0. The van der Waals surface area contributed by atoms with Crippen molar-refractivity contribution in [3.05, 3.63) is 47.5 Å². The fourth-order valence-corrected chi connectivity index (χ4v) is 3.01. The van der Waals surface area contributed by atoms with E-state index in [2.05, 4.69) is 0 Å². The van der Waals surface area contributed by atoms with Crippen molar-refractivity contribution in [1.82, 2.24) is 0 Å². The van der Waals surface area contributed by atoms with Gasteiger partial charge in [0.25, 0.3) is 0 Å². The van der Waals surface area contributed by atoms with Crippen molar-refractivity contribution in [1.29, 1.82) is 0 Å². The van der Waals surface area contributed by atoms with Crippen LogP contribution in [0.5, 0.6) is 23.0 Å². The molecule has 0 radical (unpaired) electrons. The van der Waals surface area contributed by atoms with E-state index in [0.29, 0.717) is 25.4 Å². The van der Waals surface area contributed by atoms with Crippen LogP contribution < -0.4 is 9.47 Å². The summed E-state index contributed by atoms with van der Waals surface area (Å²) in [5.41, 5.74) is 1.10. The van der Waals surface area contributed by atoms with Gasteiger partial charge in [-0.05, 0) is 23.8 Å². The number of ether oxygens (including phenoxy) is 4. The standard InChI is InChI=1S/C21H24O6/c1-21(2,13-3-5-14(6-4-13)24-9-15-10-25-15)17-7-8-18(20(23)19(17)22)27-12-16-11-26-16/h3-8,15-16,22-23H,9-12H2,1-2H3. The van der Waals surface area contributed by atoms with Crippen LogP contribution in [0.2, 0.25) is 0 Å². The summed E-state index contributed by atoms with van der Waals surface area (Å²) in [7, 11) is 0. The van der Waals surface area contributed by atoms with Crippen molar-refractivity contribution in [3.8, 4) is 23.0 Å². The van der Waals surface area contributed by atoms with Gasteiger partial charge < -0.3 is 29.2 Å². The van der Waals surface area contributed by atoms with Crippen LogP contribution in [0.25, 0.3) is 0 Å². The minimum absolute atomic E-state index is 0.0786. The summed E-state index contributed by atoms with van der Waals surface area (Å²) in [6.07, 6.45) is 0.295. The molecule has 2 aliphatic heterocycles. The first-order chi connectivity index (χ1) is 12.9. The van der Waals surface area contributed by atoms with E-state index in [9.17, 15) is 10.2 Å². The smallest absolute Gasteiger partial charge is 0.200 e. The summed E-state index contributed by atoms with van der Waals surface area (Å²) in [6.45, 7) is 6.35. The normalized spacial score (nSPS) is 21.0. The minimum Gasteiger partial charge on any atom is -0.504 e. The van der Waals surface area contributed by atoms with Crippen molar-refractivity contribution < 1.29 is 29.2 Å². The molecule has 4 rings (SSSR count). The SMILES string of the molecule is CC(C)(c1ccc(OCC2CO2)cc1)c1ccc(OCC2CO2)c(O)c1O. The number of epoxide rings is 2. The van der Waals surface area contributed by atoms with Crippen molar-refractivity contribution in [3.63, 3.8) is 0 Å². The Labute approximate surface area is 158 Å². The lowest BCUT2D eigenvalue weighted by Crippen LogP contribution is -2.19. The molecule has 2 unspecified atom stereocenters. The van der Waals surface area contributed by atoms with Crippen molar-refractivity contribution >= 4 is 0 Å². The molecule has 6 nitrogen and oxygen atoms in total. The molecular formula is C21H24O6. The van der Waals surface area contributed by atoms with E-state index >= 15 is 0 Å². The Bertz CT molecular complexity index is 806. The molecule has 0 aromatic heterocycles. The van der Waals surface area contributed by atoms with Crippen LogP contribution in [0.4, 0.5) is 0 Å². The average Bonchev–Trinajstić information content (AvgIpc) is 3.55. The second kappa shape index (κ2) is 6.94. The molecular weight excluding hydrogens is 348 g/mol. The summed E-state index contributed by atoms with van der Waals surface area (Å²) in [6, 6.07) is 11.2. The zero-order valence-corrected chi connectivity index (χ0v) is 15.5. The van der Waals surface area contributed by atoms with Crippen LogP contribution in [0.1, 0.15) is 25.0 Å². The highest BCUT2D eigenvalue weighted by atomic mass is 16.6. The van der Waals surface area contributed by atoms with Gasteiger partial charge in [-0.15, -0.1) is 0 Å². The molecule has 0 spiro atoms. The highest BCUT2D eigenvalue weighted by molar-refractivity contribution is 5.58. The molecule has 2 N–H and O–H groups in total. The second-order valence-corrected chi connectivity index (χ2v) is 7.49. The first-order valence-corrected chi connectivity index (χ1v) is 9.10. The summed E-state index contributed by atoms with van der Waals surface area (Å²) in [5.74, 6) is 0.628. The molecule has 0 bridgehead atoms. The third-order valence-electron chi connectivity index (χ3n) is 5.03. The summed E-state index contributed by atoms with van der Waals surface area (Å²) in [4.78, 5) is 0. The number of benzene rings is 2. The van der Waals surface area contributed by atoms with Gasteiger partial charge in [0, 0.05) is 11.0 Å². The molecule has 27 heavy (non-hydrogen) atoms. The first kappa shape index (κ1) is 17.9. The molecule has 2 fully saturated rings. The fraction of sp³-hybridized carbons (Fsp3) is 0.429. The van der Waals surface area contributed by atoms with Gasteiger partial charge in [-0.2, -0.15) is 0 Å². The van der Waals surface area contributed by atoms with Gasteiger partial charge in [-0.25, -0.2) is 0 Å². The van der Waals surface area contributed by atoms with Gasteiger partial charge in [-0.3, -0.25) is 0 Å². The Morgan fingerprint density at radius 1 is 0.889 bits per heavy atom. The predicted molar refractivity (Wildman–Crippen MR) is 98.8 cm³/mol. The monoisotopic (exact) mass is 372 g/mol. The first-order valence-electron chi connectivity index (χ1n) is 9.10. The summed E-state index contributed by atoms with van der Waals surface area (Å²) < 4.78 is 21.4. The van der Waals surface area contributed by atoms with E-state index in [1.165, 1.54) is 0 Å². The molecule has 0 aliphatic carbocycles. The van der Waals surface area contributed by atoms with E-state index < -0.39 is 5.41 Å².